The molecule has 0 aromatic heterocycles. The molecule has 1 atom stereocenters. The highest BCUT2D eigenvalue weighted by molar-refractivity contribution is 4.76. The van der Waals surface area contributed by atoms with E-state index in [1.165, 1.54) is 0 Å². The van der Waals surface area contributed by atoms with Crippen molar-refractivity contribution >= 4 is 0 Å². The van der Waals surface area contributed by atoms with Crippen LogP contribution < -0.4 is 0 Å². The molecular weight excluding hydrogens is 240 g/mol. The van der Waals surface area contributed by atoms with Gasteiger partial charge < -0.3 is 4.74 Å². The molecule has 0 aromatic rings. The summed E-state index contributed by atoms with van der Waals surface area (Å²) < 4.78 is 57.8. The predicted molar refractivity (Wildman–Crippen MR) is 56.5 cm³/mol. The first-order valence-electron chi connectivity index (χ1n) is 5.50. The van der Waals surface area contributed by atoms with Gasteiger partial charge in [0.25, 0.3) is 0 Å². The van der Waals surface area contributed by atoms with E-state index in [0.717, 1.165) is 13.3 Å². The summed E-state index contributed by atoms with van der Waals surface area (Å²) in [4.78, 5) is 0. The van der Waals surface area contributed by atoms with Crippen molar-refractivity contribution in [2.75, 3.05) is 13.3 Å². The van der Waals surface area contributed by atoms with Gasteiger partial charge in [0.05, 0.1) is 12.2 Å². The molecule has 0 bridgehead atoms. The van der Waals surface area contributed by atoms with E-state index in [9.17, 15) is 17.6 Å². The fraction of sp³-hybridized carbons (Fsp3) is 1.00. The van der Waals surface area contributed by atoms with E-state index < -0.39 is 24.2 Å². The fourth-order valence-electron chi connectivity index (χ4n) is 1.07. The van der Waals surface area contributed by atoms with Crippen LogP contribution in [0.5, 0.6) is 0 Å². The van der Waals surface area contributed by atoms with E-state index in [-0.39, 0.29) is 13.0 Å². The predicted octanol–water partition coefficient (Wildman–Crippen LogP) is 3.85. The van der Waals surface area contributed by atoms with E-state index in [4.69, 9.17) is 4.74 Å². The maximum absolute atomic E-state index is 12.6. The van der Waals surface area contributed by atoms with Crippen LogP contribution in [-0.2, 0) is 9.47 Å². The molecule has 0 rings (SSSR count). The van der Waals surface area contributed by atoms with Crippen molar-refractivity contribution in [3.05, 3.63) is 0 Å². The second kappa shape index (κ2) is 6.00. The molecule has 0 aliphatic heterocycles. The first-order chi connectivity index (χ1) is 7.54. The molecule has 0 aliphatic carbocycles. The zero-order valence-corrected chi connectivity index (χ0v) is 10.7. The van der Waals surface area contributed by atoms with Crippen molar-refractivity contribution in [3.8, 4) is 0 Å². The highest BCUT2D eigenvalue weighted by Gasteiger charge is 2.40. The lowest BCUT2D eigenvalue weighted by Gasteiger charge is -2.30. The standard InChI is InChI=1S/C11H20F4O2/c1-5-9(2,3)16-7-6-10(4,8-12)17-11(13,14)15/h5-8H2,1-4H3. The molecule has 6 heteroatoms. The van der Waals surface area contributed by atoms with E-state index >= 15 is 0 Å². The summed E-state index contributed by atoms with van der Waals surface area (Å²) in [6.07, 6.45) is -4.26. The van der Waals surface area contributed by atoms with Crippen molar-refractivity contribution in [3.63, 3.8) is 0 Å². The normalized spacial score (nSPS) is 16.9. The second-order valence-corrected chi connectivity index (χ2v) is 4.84. The largest absolute Gasteiger partial charge is 0.523 e. The minimum atomic E-state index is -4.83. The Morgan fingerprint density at radius 1 is 1.06 bits per heavy atom. The van der Waals surface area contributed by atoms with E-state index in [0.29, 0.717) is 0 Å². The number of hydrogen-bond acceptors (Lipinski definition) is 2. The lowest BCUT2D eigenvalue weighted by atomic mass is 10.0. The minimum absolute atomic E-state index is 0.0251. The summed E-state index contributed by atoms with van der Waals surface area (Å²) in [5.74, 6) is 0. The lowest BCUT2D eigenvalue weighted by Crippen LogP contribution is -2.39. The molecule has 0 N–H and O–H groups in total. The minimum Gasteiger partial charge on any atom is -0.375 e. The molecule has 0 aliphatic rings. The summed E-state index contributed by atoms with van der Waals surface area (Å²) in [5, 5.41) is 0. The van der Waals surface area contributed by atoms with Gasteiger partial charge in [0.15, 0.2) is 0 Å². The van der Waals surface area contributed by atoms with E-state index in [2.05, 4.69) is 4.74 Å². The van der Waals surface area contributed by atoms with Crippen LogP contribution in [0.2, 0.25) is 0 Å². The molecule has 2 nitrogen and oxygen atoms in total. The highest BCUT2D eigenvalue weighted by atomic mass is 19.4. The topological polar surface area (TPSA) is 18.5 Å². The summed E-state index contributed by atoms with van der Waals surface area (Å²) >= 11 is 0. The molecule has 17 heavy (non-hydrogen) atoms. The van der Waals surface area contributed by atoms with Crippen LogP contribution >= 0.6 is 0 Å². The smallest absolute Gasteiger partial charge is 0.375 e. The first kappa shape index (κ1) is 16.6. The number of rotatable bonds is 7. The molecule has 0 saturated heterocycles. The third-order valence-electron chi connectivity index (χ3n) is 2.62. The summed E-state index contributed by atoms with van der Waals surface area (Å²) in [6, 6.07) is 0. The van der Waals surface area contributed by atoms with Gasteiger partial charge in [-0.3, -0.25) is 4.74 Å². The Kier molecular flexibility index (Phi) is 5.87. The van der Waals surface area contributed by atoms with Gasteiger partial charge in [0.1, 0.15) is 12.3 Å². The molecule has 0 amide bonds. The zero-order chi connectivity index (χ0) is 13.7. The van der Waals surface area contributed by atoms with Crippen LogP contribution in [0.4, 0.5) is 17.6 Å². The molecule has 1 unspecified atom stereocenters. The summed E-state index contributed by atoms with van der Waals surface area (Å²) in [6.45, 7) is 5.46. The third-order valence-corrected chi connectivity index (χ3v) is 2.62. The Labute approximate surface area is 99.3 Å². The summed E-state index contributed by atoms with van der Waals surface area (Å²) in [5.41, 5.74) is -2.29. The molecule has 0 fully saturated rings. The fourth-order valence-corrected chi connectivity index (χ4v) is 1.07. The van der Waals surface area contributed by atoms with Crippen molar-refractivity contribution < 1.29 is 27.0 Å². The maximum atomic E-state index is 12.6. The third kappa shape index (κ3) is 7.54. The van der Waals surface area contributed by atoms with Crippen LogP contribution in [0.15, 0.2) is 0 Å². The second-order valence-electron chi connectivity index (χ2n) is 4.84. The maximum Gasteiger partial charge on any atom is 0.523 e. The SMILES string of the molecule is CCC(C)(C)OCCC(C)(CF)OC(F)(F)F. The zero-order valence-electron chi connectivity index (χ0n) is 10.7. The van der Waals surface area contributed by atoms with Gasteiger partial charge in [-0.2, -0.15) is 0 Å². The van der Waals surface area contributed by atoms with Crippen LogP contribution in [0, 0.1) is 0 Å². The molecule has 104 valence electrons. The van der Waals surface area contributed by atoms with Gasteiger partial charge in [-0.05, 0) is 27.2 Å². The Bertz CT molecular complexity index is 228. The Morgan fingerprint density at radius 3 is 1.94 bits per heavy atom. The quantitative estimate of drug-likeness (QED) is 0.647. The molecule has 0 saturated carbocycles. The van der Waals surface area contributed by atoms with Crippen LogP contribution in [0.3, 0.4) is 0 Å². The van der Waals surface area contributed by atoms with Crippen LogP contribution in [0.25, 0.3) is 0 Å². The van der Waals surface area contributed by atoms with E-state index in [1.54, 1.807) is 0 Å². The molecule has 0 aromatic carbocycles. The van der Waals surface area contributed by atoms with Gasteiger partial charge in [0, 0.05) is 6.42 Å². The van der Waals surface area contributed by atoms with E-state index in [1.807, 2.05) is 20.8 Å². The van der Waals surface area contributed by atoms with Crippen LogP contribution in [0.1, 0.15) is 40.5 Å². The van der Waals surface area contributed by atoms with Gasteiger partial charge in [0.2, 0.25) is 0 Å². The molecular formula is C11H20F4O2. The Hall–Kier alpha value is -0.360. The highest BCUT2D eigenvalue weighted by Crippen LogP contribution is 2.28. The van der Waals surface area contributed by atoms with Crippen LogP contribution in [-0.4, -0.2) is 30.8 Å². The monoisotopic (exact) mass is 260 g/mol. The van der Waals surface area contributed by atoms with Crippen molar-refractivity contribution in [2.24, 2.45) is 0 Å². The molecule has 0 spiro atoms. The number of ether oxygens (including phenoxy) is 2. The van der Waals surface area contributed by atoms with Crippen molar-refractivity contribution in [2.45, 2.75) is 58.1 Å². The first-order valence-corrected chi connectivity index (χ1v) is 5.50. The van der Waals surface area contributed by atoms with Gasteiger partial charge in [-0.25, -0.2) is 4.39 Å². The van der Waals surface area contributed by atoms with Crippen molar-refractivity contribution in [1.29, 1.82) is 0 Å². The summed E-state index contributed by atoms with van der Waals surface area (Å²) in [7, 11) is 0. The number of halogens is 4. The molecule has 0 heterocycles. The number of alkyl halides is 4. The Morgan fingerprint density at radius 2 is 1.59 bits per heavy atom. The van der Waals surface area contributed by atoms with Crippen molar-refractivity contribution in [1.82, 2.24) is 0 Å². The lowest BCUT2D eigenvalue weighted by molar-refractivity contribution is -0.367. The molecule has 0 radical (unpaired) electrons. The van der Waals surface area contributed by atoms with Gasteiger partial charge in [-0.15, -0.1) is 13.2 Å². The number of hydrogen-bond donors (Lipinski definition) is 0. The van der Waals surface area contributed by atoms with Gasteiger partial charge >= 0.3 is 6.36 Å². The Balaban J connectivity index is 4.22. The van der Waals surface area contributed by atoms with Gasteiger partial charge in [-0.1, -0.05) is 6.92 Å². The average molecular weight is 260 g/mol. The average Bonchev–Trinajstić information content (AvgIpc) is 2.15.